The highest BCUT2D eigenvalue weighted by Crippen LogP contribution is 2.25. The van der Waals surface area contributed by atoms with E-state index in [0.717, 1.165) is 54.0 Å². The first kappa shape index (κ1) is 16.0. The summed E-state index contributed by atoms with van der Waals surface area (Å²) in [5, 5.41) is 8.37. The van der Waals surface area contributed by atoms with Crippen molar-refractivity contribution < 1.29 is 0 Å². The summed E-state index contributed by atoms with van der Waals surface area (Å²) >= 11 is 0. The van der Waals surface area contributed by atoms with Crippen LogP contribution in [0.1, 0.15) is 36.0 Å². The van der Waals surface area contributed by atoms with Crippen LogP contribution >= 0.6 is 0 Å². The molecule has 0 bridgehead atoms. The number of fused-ring (bicyclic) bond motifs is 1. The van der Waals surface area contributed by atoms with E-state index in [2.05, 4.69) is 26.1 Å². The first-order valence-corrected chi connectivity index (χ1v) is 8.81. The largest absolute Gasteiger partial charge is 0.311 e. The molecule has 1 aliphatic heterocycles. The maximum Gasteiger partial charge on any atom is 0.255 e. The van der Waals surface area contributed by atoms with Crippen LogP contribution in [0.15, 0.2) is 35.1 Å². The van der Waals surface area contributed by atoms with E-state index in [1.807, 2.05) is 38.2 Å². The summed E-state index contributed by atoms with van der Waals surface area (Å²) in [6.07, 6.45) is 2.20. The van der Waals surface area contributed by atoms with Crippen molar-refractivity contribution in [3.63, 3.8) is 0 Å². The number of likely N-dealkylation sites (tertiary alicyclic amines) is 1. The highest BCUT2D eigenvalue weighted by atomic mass is 16.1. The van der Waals surface area contributed by atoms with Gasteiger partial charge in [-0.3, -0.25) is 14.8 Å². The molecule has 3 heterocycles. The van der Waals surface area contributed by atoms with Gasteiger partial charge in [-0.25, -0.2) is 4.98 Å². The van der Waals surface area contributed by atoms with Gasteiger partial charge in [0.15, 0.2) is 5.82 Å². The molecule has 0 saturated carbocycles. The lowest BCUT2D eigenvalue weighted by atomic mass is 9.97. The fraction of sp³-hybridized carbons (Fsp3) is 0.421. The van der Waals surface area contributed by atoms with Crippen LogP contribution in [0.3, 0.4) is 0 Å². The summed E-state index contributed by atoms with van der Waals surface area (Å²) < 4.78 is 1.75. The smallest absolute Gasteiger partial charge is 0.255 e. The Balaban J connectivity index is 1.58. The van der Waals surface area contributed by atoms with Gasteiger partial charge < -0.3 is 4.57 Å². The highest BCUT2D eigenvalue weighted by Gasteiger charge is 2.25. The average Bonchev–Trinajstić information content (AvgIpc) is 3.06. The van der Waals surface area contributed by atoms with Gasteiger partial charge in [0.1, 0.15) is 5.82 Å². The van der Waals surface area contributed by atoms with E-state index in [4.69, 9.17) is 0 Å². The van der Waals surface area contributed by atoms with Crippen molar-refractivity contribution in [3.05, 3.63) is 57.9 Å². The van der Waals surface area contributed by atoms with E-state index in [1.165, 1.54) is 0 Å². The summed E-state index contributed by atoms with van der Waals surface area (Å²) in [6, 6.07) is 10.1. The molecule has 1 fully saturated rings. The molecule has 130 valence electrons. The van der Waals surface area contributed by atoms with Gasteiger partial charge in [0, 0.05) is 31.6 Å². The molecule has 2 aromatic heterocycles. The number of piperidine rings is 1. The maximum atomic E-state index is 12.7. The molecule has 0 amide bonds. The molecule has 0 aliphatic carbocycles. The second-order valence-electron chi connectivity index (χ2n) is 6.95. The number of aromatic nitrogens is 4. The molecule has 0 unspecified atom stereocenters. The van der Waals surface area contributed by atoms with E-state index in [0.29, 0.717) is 12.5 Å². The third-order valence-corrected chi connectivity index (χ3v) is 5.09. The Kier molecular flexibility index (Phi) is 4.13. The Labute approximate surface area is 146 Å². The van der Waals surface area contributed by atoms with Crippen molar-refractivity contribution in [2.24, 2.45) is 7.05 Å². The molecule has 1 aromatic carbocycles. The number of pyridine rings is 1. The number of rotatable bonds is 3. The van der Waals surface area contributed by atoms with Gasteiger partial charge in [0.05, 0.1) is 5.52 Å². The first-order chi connectivity index (χ1) is 12.1. The molecule has 6 heteroatoms. The lowest BCUT2D eigenvalue weighted by Crippen LogP contribution is -2.36. The Hall–Kier alpha value is -2.47. The molecule has 1 N–H and O–H groups in total. The standard InChI is InChI=1S/C19H23N5O/c1-13-20-18(22-21-13)15-7-5-9-24(11-15)12-16-10-14-6-3-4-8-17(14)23(2)19(16)25/h3-4,6,8,10,15H,5,7,9,11-12H2,1-2H3,(H,20,21,22)/t15-/m0/s1. The number of benzene rings is 1. The minimum absolute atomic E-state index is 0.0922. The van der Waals surface area contributed by atoms with E-state index >= 15 is 0 Å². The number of para-hydroxylation sites is 1. The lowest BCUT2D eigenvalue weighted by molar-refractivity contribution is 0.196. The number of nitrogens with one attached hydrogen (secondary N) is 1. The lowest BCUT2D eigenvalue weighted by Gasteiger charge is -2.31. The summed E-state index contributed by atoms with van der Waals surface area (Å²) in [6.45, 7) is 4.51. The number of nitrogens with zero attached hydrogens (tertiary/aromatic N) is 4. The molecule has 25 heavy (non-hydrogen) atoms. The third-order valence-electron chi connectivity index (χ3n) is 5.09. The van der Waals surface area contributed by atoms with Gasteiger partial charge in [0.2, 0.25) is 0 Å². The van der Waals surface area contributed by atoms with Crippen LogP contribution in [0, 0.1) is 6.92 Å². The number of hydrogen-bond donors (Lipinski definition) is 1. The number of hydrogen-bond acceptors (Lipinski definition) is 4. The Morgan fingerprint density at radius 1 is 1.32 bits per heavy atom. The second kappa shape index (κ2) is 6.44. The second-order valence-corrected chi connectivity index (χ2v) is 6.95. The van der Waals surface area contributed by atoms with E-state index < -0.39 is 0 Å². The van der Waals surface area contributed by atoms with Crippen LogP contribution in [0.4, 0.5) is 0 Å². The molecule has 1 aliphatic rings. The molecular formula is C19H23N5O. The number of aryl methyl sites for hydroxylation is 2. The summed E-state index contributed by atoms with van der Waals surface area (Å²) in [4.78, 5) is 19.6. The van der Waals surface area contributed by atoms with Crippen molar-refractivity contribution in [1.29, 1.82) is 0 Å². The van der Waals surface area contributed by atoms with E-state index in [-0.39, 0.29) is 5.56 Å². The maximum absolute atomic E-state index is 12.7. The Morgan fingerprint density at radius 3 is 2.96 bits per heavy atom. The molecule has 1 atom stereocenters. The average molecular weight is 337 g/mol. The van der Waals surface area contributed by atoms with Crippen molar-refractivity contribution >= 4 is 10.9 Å². The van der Waals surface area contributed by atoms with Crippen molar-refractivity contribution in [2.45, 2.75) is 32.2 Å². The van der Waals surface area contributed by atoms with Crippen LogP contribution in [0.25, 0.3) is 10.9 Å². The van der Waals surface area contributed by atoms with Gasteiger partial charge in [-0.05, 0) is 43.8 Å². The molecule has 0 spiro atoms. The van der Waals surface area contributed by atoms with Gasteiger partial charge in [-0.15, -0.1) is 0 Å². The van der Waals surface area contributed by atoms with E-state index in [9.17, 15) is 4.79 Å². The normalized spacial score (nSPS) is 18.7. The quantitative estimate of drug-likeness (QED) is 0.797. The van der Waals surface area contributed by atoms with Crippen LogP contribution in [0.5, 0.6) is 0 Å². The zero-order valence-corrected chi connectivity index (χ0v) is 14.7. The van der Waals surface area contributed by atoms with Crippen LogP contribution in [-0.4, -0.2) is 37.7 Å². The van der Waals surface area contributed by atoms with Crippen molar-refractivity contribution in [2.75, 3.05) is 13.1 Å². The van der Waals surface area contributed by atoms with Gasteiger partial charge in [-0.2, -0.15) is 5.10 Å². The van der Waals surface area contributed by atoms with E-state index in [1.54, 1.807) is 4.57 Å². The monoisotopic (exact) mass is 337 g/mol. The summed E-state index contributed by atoms with van der Waals surface area (Å²) in [7, 11) is 1.85. The predicted octanol–water partition coefficient (Wildman–Crippen LogP) is 2.34. The predicted molar refractivity (Wildman–Crippen MR) is 97.6 cm³/mol. The van der Waals surface area contributed by atoms with Crippen LogP contribution < -0.4 is 5.56 Å². The molecule has 6 nitrogen and oxygen atoms in total. The highest BCUT2D eigenvalue weighted by molar-refractivity contribution is 5.79. The Bertz CT molecular complexity index is 958. The molecule has 1 saturated heterocycles. The molecule has 3 aromatic rings. The number of aromatic amines is 1. The summed E-state index contributed by atoms with van der Waals surface area (Å²) in [5.41, 5.74) is 1.92. The minimum Gasteiger partial charge on any atom is -0.311 e. The van der Waals surface area contributed by atoms with Gasteiger partial charge >= 0.3 is 0 Å². The molecule has 0 radical (unpaired) electrons. The van der Waals surface area contributed by atoms with Crippen LogP contribution in [-0.2, 0) is 13.6 Å². The molecule has 4 rings (SSSR count). The fourth-order valence-corrected chi connectivity index (χ4v) is 3.80. The SMILES string of the molecule is Cc1nc([C@H]2CCCN(Cc3cc4ccccc4n(C)c3=O)C2)n[nH]1. The summed E-state index contributed by atoms with van der Waals surface area (Å²) in [5.74, 6) is 2.09. The Morgan fingerprint density at radius 2 is 2.16 bits per heavy atom. The zero-order chi connectivity index (χ0) is 17.4. The van der Waals surface area contributed by atoms with Gasteiger partial charge in [-0.1, -0.05) is 18.2 Å². The first-order valence-electron chi connectivity index (χ1n) is 8.81. The van der Waals surface area contributed by atoms with Gasteiger partial charge in [0.25, 0.3) is 5.56 Å². The third kappa shape index (κ3) is 3.09. The van der Waals surface area contributed by atoms with Crippen molar-refractivity contribution in [1.82, 2.24) is 24.6 Å². The van der Waals surface area contributed by atoms with Crippen LogP contribution in [0.2, 0.25) is 0 Å². The zero-order valence-electron chi connectivity index (χ0n) is 14.7. The molecular weight excluding hydrogens is 314 g/mol. The number of H-pyrrole nitrogens is 1. The fourth-order valence-electron chi connectivity index (χ4n) is 3.80. The van der Waals surface area contributed by atoms with Crippen molar-refractivity contribution in [3.8, 4) is 0 Å². The topological polar surface area (TPSA) is 66.8 Å². The minimum atomic E-state index is 0.0922.